The molecule has 1 N–H and O–H groups in total. The Morgan fingerprint density at radius 1 is 0.737 bits per heavy atom. The molecule has 6 rings (SSSR count). The van der Waals surface area contributed by atoms with Gasteiger partial charge in [0.05, 0.1) is 17.4 Å². The Morgan fingerprint density at radius 3 is 2.03 bits per heavy atom. The number of carbonyl (C=O) groups is 2. The van der Waals surface area contributed by atoms with E-state index in [-0.39, 0.29) is 17.6 Å². The number of anilines is 2. The summed E-state index contributed by atoms with van der Waals surface area (Å²) in [5.74, 6) is 0.0257. The highest BCUT2D eigenvalue weighted by Gasteiger charge is 2.41. The maximum absolute atomic E-state index is 14.2. The summed E-state index contributed by atoms with van der Waals surface area (Å²) in [6.07, 6.45) is 1.11. The highest BCUT2D eigenvalue weighted by Crippen LogP contribution is 2.47. The fourth-order valence-electron chi connectivity index (χ4n) is 5.67. The molecule has 2 atom stereocenters. The lowest BCUT2D eigenvalue weighted by molar-refractivity contribution is -0.116. The first-order valence-electron chi connectivity index (χ1n) is 13.1. The van der Waals surface area contributed by atoms with E-state index >= 15 is 0 Å². The molecule has 1 aliphatic carbocycles. The summed E-state index contributed by atoms with van der Waals surface area (Å²) in [5, 5.41) is 3.62. The molecule has 1 amide bonds. The van der Waals surface area contributed by atoms with Crippen LogP contribution in [-0.2, 0) is 4.79 Å². The molecule has 4 nitrogen and oxygen atoms in total. The van der Waals surface area contributed by atoms with Crippen LogP contribution >= 0.6 is 0 Å². The van der Waals surface area contributed by atoms with Gasteiger partial charge < -0.3 is 5.32 Å². The topological polar surface area (TPSA) is 49.4 Å². The molecule has 0 radical (unpaired) electrons. The summed E-state index contributed by atoms with van der Waals surface area (Å²) in [7, 11) is 0. The van der Waals surface area contributed by atoms with Crippen LogP contribution in [0.2, 0.25) is 0 Å². The van der Waals surface area contributed by atoms with Gasteiger partial charge in [0.2, 0.25) is 0 Å². The van der Waals surface area contributed by atoms with Crippen molar-refractivity contribution in [3.8, 4) is 0 Å². The van der Waals surface area contributed by atoms with Gasteiger partial charge in [-0.2, -0.15) is 0 Å². The van der Waals surface area contributed by atoms with Crippen molar-refractivity contribution in [2.45, 2.75) is 38.6 Å². The second-order valence-corrected chi connectivity index (χ2v) is 10.3. The Hall–Kier alpha value is -4.44. The summed E-state index contributed by atoms with van der Waals surface area (Å²) in [6.45, 7) is 4.12. The monoisotopic (exact) mass is 498 g/mol. The van der Waals surface area contributed by atoms with Crippen LogP contribution < -0.4 is 10.2 Å². The third-order valence-corrected chi connectivity index (χ3v) is 7.67. The van der Waals surface area contributed by atoms with Crippen molar-refractivity contribution in [3.63, 3.8) is 0 Å². The molecule has 0 saturated carbocycles. The third kappa shape index (κ3) is 4.32. The maximum Gasteiger partial charge on any atom is 0.259 e. The van der Waals surface area contributed by atoms with Gasteiger partial charge in [-0.1, -0.05) is 90.0 Å². The number of allylic oxidation sites excluding steroid dienone is 1. The molecule has 0 bridgehead atoms. The Kier molecular flexibility index (Phi) is 6.16. The smallest absolute Gasteiger partial charge is 0.259 e. The Balaban J connectivity index is 1.55. The van der Waals surface area contributed by atoms with E-state index in [4.69, 9.17) is 0 Å². The van der Waals surface area contributed by atoms with Gasteiger partial charge in [0.15, 0.2) is 5.78 Å². The number of carbonyl (C=O) groups excluding carboxylic acids is 2. The fraction of sp³-hybridized carbons (Fsp3) is 0.176. The molecule has 0 aromatic heterocycles. The van der Waals surface area contributed by atoms with Crippen molar-refractivity contribution < 1.29 is 9.59 Å². The predicted molar refractivity (Wildman–Crippen MR) is 152 cm³/mol. The molecule has 4 aromatic carbocycles. The van der Waals surface area contributed by atoms with Gasteiger partial charge >= 0.3 is 0 Å². The molecular weight excluding hydrogens is 468 g/mol. The number of aryl methyl sites for hydroxylation is 2. The van der Waals surface area contributed by atoms with Crippen LogP contribution in [-0.4, -0.2) is 11.7 Å². The van der Waals surface area contributed by atoms with E-state index in [0.717, 1.165) is 28.2 Å². The Morgan fingerprint density at radius 2 is 1.34 bits per heavy atom. The number of ketones is 1. The van der Waals surface area contributed by atoms with Crippen molar-refractivity contribution in [2.75, 3.05) is 10.2 Å². The minimum Gasteiger partial charge on any atom is -0.357 e. The minimum absolute atomic E-state index is 0.0774. The SMILES string of the molecule is Cc1ccc([C@H]2CC(=O)C3=C(C2)Nc2ccccc2N(C(=O)c2ccccc2)[C@H]3c2ccc(C)cc2)cc1. The van der Waals surface area contributed by atoms with Crippen molar-refractivity contribution in [1.29, 1.82) is 0 Å². The number of fused-ring (bicyclic) bond motifs is 1. The van der Waals surface area contributed by atoms with Crippen LogP contribution in [0.4, 0.5) is 11.4 Å². The number of hydrogen-bond donors (Lipinski definition) is 1. The van der Waals surface area contributed by atoms with Crippen LogP contribution in [0.25, 0.3) is 0 Å². The van der Waals surface area contributed by atoms with Crippen molar-refractivity contribution in [2.24, 2.45) is 0 Å². The average molecular weight is 499 g/mol. The number of hydrogen-bond acceptors (Lipinski definition) is 3. The van der Waals surface area contributed by atoms with Crippen LogP contribution in [0.5, 0.6) is 0 Å². The van der Waals surface area contributed by atoms with E-state index in [9.17, 15) is 9.59 Å². The summed E-state index contributed by atoms with van der Waals surface area (Å²) in [6, 6.07) is 33.3. The quantitative estimate of drug-likeness (QED) is 0.318. The van der Waals surface area contributed by atoms with Crippen LogP contribution in [0.1, 0.15) is 57.4 Å². The number of rotatable bonds is 3. The maximum atomic E-state index is 14.2. The van der Waals surface area contributed by atoms with Gasteiger partial charge in [0.25, 0.3) is 5.91 Å². The van der Waals surface area contributed by atoms with Crippen LogP contribution in [0.15, 0.2) is 114 Å². The number of nitrogens with zero attached hydrogens (tertiary/aromatic N) is 1. The fourth-order valence-corrected chi connectivity index (χ4v) is 5.67. The largest absolute Gasteiger partial charge is 0.357 e. The molecular formula is C34H30N2O2. The summed E-state index contributed by atoms with van der Waals surface area (Å²) in [5.41, 5.74) is 8.18. The predicted octanol–water partition coefficient (Wildman–Crippen LogP) is 7.52. The zero-order valence-corrected chi connectivity index (χ0v) is 21.6. The van der Waals surface area contributed by atoms with Gasteiger partial charge in [0, 0.05) is 23.3 Å². The number of benzene rings is 4. The summed E-state index contributed by atoms with van der Waals surface area (Å²) < 4.78 is 0. The van der Waals surface area contributed by atoms with E-state index in [2.05, 4.69) is 36.5 Å². The second kappa shape index (κ2) is 9.79. The number of para-hydroxylation sites is 2. The standard InChI is InChI=1S/C34H30N2O2/c1-22-12-16-24(17-13-22)27-20-29-32(31(37)21-27)33(25-18-14-23(2)15-19-25)36(30-11-7-6-10-28(30)35-29)34(38)26-8-4-3-5-9-26/h3-19,27,33,35H,20-21H2,1-2H3/t27-,33+/m1/s1. The first-order valence-corrected chi connectivity index (χ1v) is 13.1. The van der Waals surface area contributed by atoms with E-state index in [1.54, 1.807) is 0 Å². The molecule has 2 aliphatic rings. The third-order valence-electron chi connectivity index (χ3n) is 7.67. The number of Topliss-reactive ketones (excluding diaryl/α,β-unsaturated/α-hetero) is 1. The first kappa shape index (κ1) is 23.9. The van der Waals surface area contributed by atoms with Gasteiger partial charge in [-0.15, -0.1) is 0 Å². The molecule has 4 heteroatoms. The van der Waals surface area contributed by atoms with Gasteiger partial charge in [-0.05, 0) is 61.6 Å². The lowest BCUT2D eigenvalue weighted by atomic mass is 9.78. The van der Waals surface area contributed by atoms with Crippen molar-refractivity contribution in [1.82, 2.24) is 0 Å². The van der Waals surface area contributed by atoms with E-state index in [1.807, 2.05) is 90.7 Å². The summed E-state index contributed by atoms with van der Waals surface area (Å²) in [4.78, 5) is 30.1. The van der Waals surface area contributed by atoms with Crippen molar-refractivity contribution in [3.05, 3.63) is 142 Å². The zero-order chi connectivity index (χ0) is 26.2. The molecule has 4 aromatic rings. The van der Waals surface area contributed by atoms with E-state index < -0.39 is 6.04 Å². The zero-order valence-electron chi connectivity index (χ0n) is 21.6. The molecule has 0 fully saturated rings. The van der Waals surface area contributed by atoms with Gasteiger partial charge in [0.1, 0.15) is 0 Å². The van der Waals surface area contributed by atoms with Gasteiger partial charge in [-0.25, -0.2) is 0 Å². The minimum atomic E-state index is -0.541. The Labute approximate surface area is 223 Å². The first-order chi connectivity index (χ1) is 18.5. The molecule has 1 heterocycles. The van der Waals surface area contributed by atoms with E-state index in [0.29, 0.717) is 24.0 Å². The van der Waals surface area contributed by atoms with Crippen molar-refractivity contribution >= 4 is 23.1 Å². The molecule has 0 saturated heterocycles. The van der Waals surface area contributed by atoms with Crippen LogP contribution in [0.3, 0.4) is 0 Å². The number of nitrogens with one attached hydrogen (secondary N) is 1. The van der Waals surface area contributed by atoms with Gasteiger partial charge in [-0.3, -0.25) is 14.5 Å². The lowest BCUT2D eigenvalue weighted by Crippen LogP contribution is -2.38. The lowest BCUT2D eigenvalue weighted by Gasteiger charge is -2.35. The molecule has 188 valence electrons. The second-order valence-electron chi connectivity index (χ2n) is 10.3. The Bertz CT molecular complexity index is 1540. The van der Waals surface area contributed by atoms with Crippen LogP contribution in [0, 0.1) is 13.8 Å². The summed E-state index contributed by atoms with van der Waals surface area (Å²) >= 11 is 0. The molecule has 0 spiro atoms. The molecule has 1 aliphatic heterocycles. The molecule has 38 heavy (non-hydrogen) atoms. The molecule has 0 unspecified atom stereocenters. The highest BCUT2D eigenvalue weighted by molar-refractivity contribution is 6.12. The number of amides is 1. The highest BCUT2D eigenvalue weighted by atomic mass is 16.2. The average Bonchev–Trinajstić information content (AvgIpc) is 3.08. The normalized spacial score (nSPS) is 18.8. The van der Waals surface area contributed by atoms with E-state index in [1.165, 1.54) is 11.1 Å².